The van der Waals surface area contributed by atoms with Gasteiger partial charge in [0.1, 0.15) is 0 Å². The van der Waals surface area contributed by atoms with Gasteiger partial charge in [-0.2, -0.15) is 0 Å². The standard InChI is InChI=1S/C16H18O3/c1-11(15(17)19-3)16(2,18)14-9-8-12-6-4-5-7-13(12)10-14/h4-11,18H,1-3H3/t11-,16-/m0/s1. The second kappa shape index (κ2) is 5.02. The molecule has 0 aliphatic heterocycles. The molecule has 3 heteroatoms. The molecule has 0 amide bonds. The van der Waals surface area contributed by atoms with E-state index in [0.717, 1.165) is 10.8 Å². The number of ether oxygens (including phenoxy) is 1. The number of aliphatic hydroxyl groups is 1. The summed E-state index contributed by atoms with van der Waals surface area (Å²) in [5, 5.41) is 12.8. The molecule has 0 radical (unpaired) electrons. The van der Waals surface area contributed by atoms with Crippen LogP contribution >= 0.6 is 0 Å². The smallest absolute Gasteiger partial charge is 0.311 e. The van der Waals surface area contributed by atoms with Crippen molar-refractivity contribution in [1.29, 1.82) is 0 Å². The highest BCUT2D eigenvalue weighted by atomic mass is 16.5. The molecule has 19 heavy (non-hydrogen) atoms. The first-order valence-corrected chi connectivity index (χ1v) is 6.26. The van der Waals surface area contributed by atoms with Crippen LogP contribution in [0.3, 0.4) is 0 Å². The van der Waals surface area contributed by atoms with Crippen molar-refractivity contribution in [2.24, 2.45) is 5.92 Å². The minimum absolute atomic E-state index is 0.418. The maximum Gasteiger partial charge on any atom is 0.311 e. The van der Waals surface area contributed by atoms with E-state index >= 15 is 0 Å². The summed E-state index contributed by atoms with van der Waals surface area (Å²) in [6.45, 7) is 3.31. The molecule has 0 saturated carbocycles. The molecule has 0 aliphatic carbocycles. The molecule has 1 N–H and O–H groups in total. The minimum atomic E-state index is -1.25. The summed E-state index contributed by atoms with van der Waals surface area (Å²) in [7, 11) is 1.33. The molecule has 0 saturated heterocycles. The van der Waals surface area contributed by atoms with E-state index in [4.69, 9.17) is 4.74 Å². The Morgan fingerprint density at radius 2 is 1.84 bits per heavy atom. The van der Waals surface area contributed by atoms with Gasteiger partial charge in [-0.15, -0.1) is 0 Å². The van der Waals surface area contributed by atoms with E-state index in [-0.39, 0.29) is 0 Å². The van der Waals surface area contributed by atoms with Crippen molar-refractivity contribution in [3.05, 3.63) is 48.0 Å². The first-order valence-electron chi connectivity index (χ1n) is 6.26. The third kappa shape index (κ3) is 2.47. The molecular formula is C16H18O3. The summed E-state index contributed by atoms with van der Waals surface area (Å²) in [6.07, 6.45) is 0. The quantitative estimate of drug-likeness (QED) is 0.861. The zero-order valence-electron chi connectivity index (χ0n) is 11.4. The summed E-state index contributed by atoms with van der Waals surface area (Å²) in [6, 6.07) is 13.6. The third-order valence-corrected chi connectivity index (χ3v) is 3.73. The van der Waals surface area contributed by atoms with E-state index < -0.39 is 17.5 Å². The average molecular weight is 258 g/mol. The van der Waals surface area contributed by atoms with Gasteiger partial charge in [0, 0.05) is 0 Å². The van der Waals surface area contributed by atoms with Crippen LogP contribution in [0.1, 0.15) is 19.4 Å². The Hall–Kier alpha value is -1.87. The number of rotatable bonds is 3. The Bertz CT molecular complexity index is 602. The summed E-state index contributed by atoms with van der Waals surface area (Å²) in [5.41, 5.74) is -0.541. The maximum atomic E-state index is 11.6. The van der Waals surface area contributed by atoms with E-state index in [0.29, 0.717) is 5.56 Å². The van der Waals surface area contributed by atoms with Crippen LogP contribution in [0.2, 0.25) is 0 Å². The van der Waals surface area contributed by atoms with Crippen LogP contribution in [-0.4, -0.2) is 18.2 Å². The summed E-state index contributed by atoms with van der Waals surface area (Å²) in [4.78, 5) is 11.6. The zero-order valence-corrected chi connectivity index (χ0v) is 11.4. The first-order chi connectivity index (χ1) is 8.96. The Morgan fingerprint density at radius 1 is 1.21 bits per heavy atom. The van der Waals surface area contributed by atoms with Crippen LogP contribution in [0.5, 0.6) is 0 Å². The van der Waals surface area contributed by atoms with Gasteiger partial charge < -0.3 is 9.84 Å². The van der Waals surface area contributed by atoms with Gasteiger partial charge in [0.05, 0.1) is 18.6 Å². The van der Waals surface area contributed by atoms with Gasteiger partial charge in [-0.3, -0.25) is 4.79 Å². The molecular weight excluding hydrogens is 240 g/mol. The van der Waals surface area contributed by atoms with Crippen molar-refractivity contribution in [3.8, 4) is 0 Å². The van der Waals surface area contributed by atoms with Crippen LogP contribution < -0.4 is 0 Å². The van der Waals surface area contributed by atoms with Crippen molar-refractivity contribution in [2.45, 2.75) is 19.4 Å². The van der Waals surface area contributed by atoms with E-state index in [1.54, 1.807) is 13.8 Å². The van der Waals surface area contributed by atoms with Crippen molar-refractivity contribution >= 4 is 16.7 Å². The zero-order chi connectivity index (χ0) is 14.0. The van der Waals surface area contributed by atoms with Gasteiger partial charge in [-0.1, -0.05) is 36.4 Å². The van der Waals surface area contributed by atoms with E-state index in [1.165, 1.54) is 7.11 Å². The number of hydrogen-bond donors (Lipinski definition) is 1. The molecule has 0 aliphatic rings. The SMILES string of the molecule is COC(=O)[C@H](C)[C@](C)(O)c1ccc2ccccc2c1. The molecule has 0 heterocycles. The van der Waals surface area contributed by atoms with Crippen molar-refractivity contribution in [1.82, 2.24) is 0 Å². The number of esters is 1. The van der Waals surface area contributed by atoms with Crippen LogP contribution in [0.15, 0.2) is 42.5 Å². The first kappa shape index (κ1) is 13.6. The second-order valence-electron chi connectivity index (χ2n) is 4.95. The number of fused-ring (bicyclic) bond motifs is 1. The van der Waals surface area contributed by atoms with Crippen molar-refractivity contribution in [2.75, 3.05) is 7.11 Å². The molecule has 0 bridgehead atoms. The fraction of sp³-hybridized carbons (Fsp3) is 0.312. The molecule has 0 unspecified atom stereocenters. The van der Waals surface area contributed by atoms with Gasteiger partial charge in [0.15, 0.2) is 0 Å². The topological polar surface area (TPSA) is 46.5 Å². The largest absolute Gasteiger partial charge is 0.469 e. The summed E-state index contributed by atoms with van der Waals surface area (Å²) >= 11 is 0. The lowest BCUT2D eigenvalue weighted by atomic mass is 9.83. The highest BCUT2D eigenvalue weighted by Gasteiger charge is 2.36. The molecule has 2 rings (SSSR count). The molecule has 0 spiro atoms. The molecule has 100 valence electrons. The Balaban J connectivity index is 2.45. The van der Waals surface area contributed by atoms with E-state index in [1.807, 2.05) is 42.5 Å². The number of carbonyl (C=O) groups is 1. The highest BCUT2D eigenvalue weighted by molar-refractivity contribution is 5.83. The van der Waals surface area contributed by atoms with Gasteiger partial charge in [-0.25, -0.2) is 0 Å². The Morgan fingerprint density at radius 3 is 2.47 bits per heavy atom. The number of methoxy groups -OCH3 is 1. The highest BCUT2D eigenvalue weighted by Crippen LogP contribution is 2.32. The predicted octanol–water partition coefficient (Wildman–Crippen LogP) is 2.86. The fourth-order valence-electron chi connectivity index (χ4n) is 2.16. The van der Waals surface area contributed by atoms with Crippen LogP contribution in [0.4, 0.5) is 0 Å². The maximum absolute atomic E-state index is 11.6. The minimum Gasteiger partial charge on any atom is -0.469 e. The second-order valence-corrected chi connectivity index (χ2v) is 4.95. The van der Waals surface area contributed by atoms with Gasteiger partial charge in [-0.05, 0) is 36.2 Å². The Kier molecular flexibility index (Phi) is 3.58. The molecule has 2 atom stereocenters. The van der Waals surface area contributed by atoms with E-state index in [9.17, 15) is 9.90 Å². The van der Waals surface area contributed by atoms with Gasteiger partial charge in [0.25, 0.3) is 0 Å². The third-order valence-electron chi connectivity index (χ3n) is 3.73. The number of hydrogen-bond acceptors (Lipinski definition) is 3. The molecule has 2 aromatic carbocycles. The van der Waals surface area contributed by atoms with Crippen LogP contribution in [-0.2, 0) is 15.1 Å². The summed E-state index contributed by atoms with van der Waals surface area (Å²) < 4.78 is 4.71. The van der Waals surface area contributed by atoms with Crippen LogP contribution in [0, 0.1) is 5.92 Å². The van der Waals surface area contributed by atoms with Crippen molar-refractivity contribution < 1.29 is 14.6 Å². The fourth-order valence-corrected chi connectivity index (χ4v) is 2.16. The number of benzene rings is 2. The lowest BCUT2D eigenvalue weighted by Crippen LogP contribution is -2.35. The number of carbonyl (C=O) groups excluding carboxylic acids is 1. The molecule has 0 fully saturated rings. The Labute approximate surface area is 112 Å². The van der Waals surface area contributed by atoms with Gasteiger partial charge >= 0.3 is 5.97 Å². The average Bonchev–Trinajstić information content (AvgIpc) is 2.45. The normalized spacial score (nSPS) is 15.8. The van der Waals surface area contributed by atoms with Gasteiger partial charge in [0.2, 0.25) is 0 Å². The lowest BCUT2D eigenvalue weighted by Gasteiger charge is -2.29. The van der Waals surface area contributed by atoms with Crippen molar-refractivity contribution in [3.63, 3.8) is 0 Å². The summed E-state index contributed by atoms with van der Waals surface area (Å²) in [5.74, 6) is -1.04. The van der Waals surface area contributed by atoms with E-state index in [2.05, 4.69) is 0 Å². The molecule has 0 aromatic heterocycles. The molecule has 2 aromatic rings. The molecule has 3 nitrogen and oxygen atoms in total. The monoisotopic (exact) mass is 258 g/mol. The van der Waals surface area contributed by atoms with Crippen LogP contribution in [0.25, 0.3) is 10.8 Å². The predicted molar refractivity (Wildman–Crippen MR) is 74.7 cm³/mol. The lowest BCUT2D eigenvalue weighted by molar-refractivity contribution is -0.154.